The zero-order chi connectivity index (χ0) is 16.8. The van der Waals surface area contributed by atoms with Crippen molar-refractivity contribution in [2.24, 2.45) is 0 Å². The Morgan fingerprint density at radius 1 is 1.43 bits per heavy atom. The number of benzene rings is 1. The predicted octanol–water partition coefficient (Wildman–Crippen LogP) is 3.56. The SMILES string of the molecule is CCC(C)Oc1ccc(Cl)cc1/C(=C\CN(C)C)n1cncn1. The number of rotatable bonds is 7. The summed E-state index contributed by atoms with van der Waals surface area (Å²) in [6.07, 6.45) is 6.34. The molecular formula is C17H23ClN4O. The number of halogens is 1. The highest BCUT2D eigenvalue weighted by atomic mass is 35.5. The molecule has 0 aliphatic carbocycles. The minimum Gasteiger partial charge on any atom is -0.490 e. The van der Waals surface area contributed by atoms with Gasteiger partial charge in [0.25, 0.3) is 0 Å². The van der Waals surface area contributed by atoms with Gasteiger partial charge in [0.05, 0.1) is 11.8 Å². The van der Waals surface area contributed by atoms with E-state index in [9.17, 15) is 0 Å². The molecule has 1 unspecified atom stereocenters. The second kappa shape index (κ2) is 8.13. The van der Waals surface area contributed by atoms with Crippen LogP contribution in [0.1, 0.15) is 25.8 Å². The number of hydrogen-bond donors (Lipinski definition) is 0. The predicted molar refractivity (Wildman–Crippen MR) is 93.8 cm³/mol. The lowest BCUT2D eigenvalue weighted by atomic mass is 10.1. The molecular weight excluding hydrogens is 312 g/mol. The molecule has 23 heavy (non-hydrogen) atoms. The van der Waals surface area contributed by atoms with E-state index in [1.807, 2.05) is 32.3 Å². The fraction of sp³-hybridized carbons (Fsp3) is 0.412. The zero-order valence-corrected chi connectivity index (χ0v) is 14.8. The maximum absolute atomic E-state index is 6.22. The van der Waals surface area contributed by atoms with E-state index in [0.717, 1.165) is 30.0 Å². The molecule has 0 radical (unpaired) electrons. The molecule has 0 bridgehead atoms. The maximum Gasteiger partial charge on any atom is 0.138 e. The largest absolute Gasteiger partial charge is 0.490 e. The van der Waals surface area contributed by atoms with Crippen LogP contribution in [0, 0.1) is 0 Å². The molecule has 0 aliphatic heterocycles. The van der Waals surface area contributed by atoms with Crippen LogP contribution >= 0.6 is 11.6 Å². The first-order chi connectivity index (χ1) is 11.0. The summed E-state index contributed by atoms with van der Waals surface area (Å²) in [6.45, 7) is 4.92. The zero-order valence-electron chi connectivity index (χ0n) is 14.0. The van der Waals surface area contributed by atoms with Crippen LogP contribution in [0.4, 0.5) is 0 Å². The topological polar surface area (TPSA) is 43.2 Å². The molecule has 0 saturated heterocycles. The Hall–Kier alpha value is -1.85. The lowest BCUT2D eigenvalue weighted by Crippen LogP contribution is -2.14. The molecule has 0 N–H and O–H groups in total. The van der Waals surface area contributed by atoms with Crippen LogP contribution in [0.5, 0.6) is 5.75 Å². The van der Waals surface area contributed by atoms with Gasteiger partial charge in [-0.3, -0.25) is 0 Å². The Balaban J connectivity index is 2.49. The van der Waals surface area contributed by atoms with Gasteiger partial charge >= 0.3 is 0 Å². The smallest absolute Gasteiger partial charge is 0.138 e. The Morgan fingerprint density at radius 3 is 2.83 bits per heavy atom. The van der Waals surface area contributed by atoms with E-state index in [2.05, 4.69) is 34.9 Å². The average Bonchev–Trinajstić information content (AvgIpc) is 3.03. The van der Waals surface area contributed by atoms with Crippen LogP contribution in [0.3, 0.4) is 0 Å². The van der Waals surface area contributed by atoms with E-state index in [1.54, 1.807) is 11.0 Å². The first-order valence-electron chi connectivity index (χ1n) is 7.67. The molecule has 5 nitrogen and oxygen atoms in total. The van der Waals surface area contributed by atoms with Crippen molar-refractivity contribution in [2.45, 2.75) is 26.4 Å². The van der Waals surface area contributed by atoms with E-state index >= 15 is 0 Å². The van der Waals surface area contributed by atoms with Crippen LogP contribution < -0.4 is 4.74 Å². The van der Waals surface area contributed by atoms with Gasteiger partial charge in [0, 0.05) is 17.1 Å². The van der Waals surface area contributed by atoms with E-state index in [0.29, 0.717) is 5.02 Å². The number of ether oxygens (including phenoxy) is 1. The fourth-order valence-corrected chi connectivity index (χ4v) is 2.21. The summed E-state index contributed by atoms with van der Waals surface area (Å²) < 4.78 is 7.80. The van der Waals surface area contributed by atoms with Gasteiger partial charge in [0.2, 0.25) is 0 Å². The Morgan fingerprint density at radius 2 is 2.22 bits per heavy atom. The van der Waals surface area contributed by atoms with Gasteiger partial charge in [-0.15, -0.1) is 0 Å². The first-order valence-corrected chi connectivity index (χ1v) is 8.05. The molecule has 1 atom stereocenters. The lowest BCUT2D eigenvalue weighted by Gasteiger charge is -2.18. The highest BCUT2D eigenvalue weighted by Crippen LogP contribution is 2.31. The number of aromatic nitrogens is 3. The van der Waals surface area contributed by atoms with Crippen LogP contribution in [-0.2, 0) is 0 Å². The van der Waals surface area contributed by atoms with Crippen LogP contribution in [0.15, 0.2) is 36.9 Å². The molecule has 0 spiro atoms. The van der Waals surface area contributed by atoms with Crippen LogP contribution in [0.25, 0.3) is 5.70 Å². The molecule has 1 aromatic heterocycles. The molecule has 0 amide bonds. The second-order valence-corrected chi connectivity index (χ2v) is 6.11. The first kappa shape index (κ1) is 17.5. The fourth-order valence-electron chi connectivity index (χ4n) is 2.03. The summed E-state index contributed by atoms with van der Waals surface area (Å²) in [5.74, 6) is 0.796. The second-order valence-electron chi connectivity index (χ2n) is 5.67. The summed E-state index contributed by atoms with van der Waals surface area (Å²) in [6, 6.07) is 5.65. The molecule has 124 valence electrons. The van der Waals surface area contributed by atoms with Crippen molar-refractivity contribution < 1.29 is 4.74 Å². The van der Waals surface area contributed by atoms with Crippen LogP contribution in [0.2, 0.25) is 5.02 Å². The van der Waals surface area contributed by atoms with Crippen molar-refractivity contribution in [3.8, 4) is 5.75 Å². The van der Waals surface area contributed by atoms with Gasteiger partial charge < -0.3 is 9.64 Å². The summed E-state index contributed by atoms with van der Waals surface area (Å²) in [5, 5.41) is 4.92. The monoisotopic (exact) mass is 334 g/mol. The van der Waals surface area contributed by atoms with Crippen molar-refractivity contribution in [1.82, 2.24) is 19.7 Å². The molecule has 1 aromatic carbocycles. The van der Waals surface area contributed by atoms with E-state index in [-0.39, 0.29) is 6.10 Å². The van der Waals surface area contributed by atoms with Crippen molar-refractivity contribution in [2.75, 3.05) is 20.6 Å². The highest BCUT2D eigenvalue weighted by Gasteiger charge is 2.14. The standard InChI is InChI=1S/C17H23ClN4O/c1-5-13(2)23-17-7-6-14(18)10-15(17)16(8-9-21(3)4)22-12-19-11-20-22/h6-8,10-13H,5,9H2,1-4H3/b16-8+. The Kier molecular flexibility index (Phi) is 6.19. The maximum atomic E-state index is 6.22. The normalized spacial score (nSPS) is 13.4. The average molecular weight is 335 g/mol. The Bertz CT molecular complexity index is 653. The minimum absolute atomic E-state index is 0.126. The number of likely N-dealkylation sites (N-methyl/N-ethyl adjacent to an activating group) is 1. The van der Waals surface area contributed by atoms with Gasteiger partial charge in [-0.25, -0.2) is 9.67 Å². The van der Waals surface area contributed by atoms with Gasteiger partial charge in [0.1, 0.15) is 18.4 Å². The van der Waals surface area contributed by atoms with Gasteiger partial charge in [-0.2, -0.15) is 5.10 Å². The molecule has 2 aromatic rings. The molecule has 0 fully saturated rings. The third-order valence-corrected chi connectivity index (χ3v) is 3.67. The van der Waals surface area contributed by atoms with Crippen molar-refractivity contribution in [1.29, 1.82) is 0 Å². The minimum atomic E-state index is 0.126. The lowest BCUT2D eigenvalue weighted by molar-refractivity contribution is 0.216. The summed E-state index contributed by atoms with van der Waals surface area (Å²) >= 11 is 6.22. The Labute approximate surface area is 142 Å². The highest BCUT2D eigenvalue weighted by molar-refractivity contribution is 6.30. The van der Waals surface area contributed by atoms with Crippen molar-refractivity contribution in [3.05, 3.63) is 47.5 Å². The van der Waals surface area contributed by atoms with Gasteiger partial charge in [-0.05, 0) is 51.7 Å². The number of nitrogens with zero attached hydrogens (tertiary/aromatic N) is 4. The van der Waals surface area contributed by atoms with E-state index in [4.69, 9.17) is 16.3 Å². The van der Waals surface area contributed by atoms with Crippen LogP contribution in [-0.4, -0.2) is 46.4 Å². The third-order valence-electron chi connectivity index (χ3n) is 3.44. The van der Waals surface area contributed by atoms with Crippen molar-refractivity contribution in [3.63, 3.8) is 0 Å². The third kappa shape index (κ3) is 4.81. The summed E-state index contributed by atoms with van der Waals surface area (Å²) in [5.41, 5.74) is 1.81. The van der Waals surface area contributed by atoms with Gasteiger partial charge in [0.15, 0.2) is 0 Å². The number of hydrogen-bond acceptors (Lipinski definition) is 4. The molecule has 6 heteroatoms. The molecule has 0 aliphatic rings. The van der Waals surface area contributed by atoms with E-state index in [1.165, 1.54) is 6.33 Å². The van der Waals surface area contributed by atoms with Crippen molar-refractivity contribution >= 4 is 17.3 Å². The summed E-state index contributed by atoms with van der Waals surface area (Å²) in [4.78, 5) is 6.13. The molecule has 0 saturated carbocycles. The summed E-state index contributed by atoms with van der Waals surface area (Å²) in [7, 11) is 4.04. The molecule has 1 heterocycles. The molecule has 2 rings (SSSR count). The van der Waals surface area contributed by atoms with Gasteiger partial charge in [-0.1, -0.05) is 18.5 Å². The quantitative estimate of drug-likeness (QED) is 0.776. The van der Waals surface area contributed by atoms with E-state index < -0.39 is 0 Å².